The van der Waals surface area contributed by atoms with Crippen LogP contribution in [0.2, 0.25) is 0 Å². The lowest BCUT2D eigenvalue weighted by Crippen LogP contribution is -2.49. The first-order valence-corrected chi connectivity index (χ1v) is 29.2. The number of imide groups is 2. The van der Waals surface area contributed by atoms with Crippen LogP contribution in [-0.4, -0.2) is 131 Å². The number of carbonyl (C=O) groups excluding carboxylic acids is 4. The van der Waals surface area contributed by atoms with Gasteiger partial charge in [-0.1, -0.05) is 49.9 Å². The Morgan fingerprint density at radius 2 is 0.743 bits per heavy atom. The predicted molar refractivity (Wildman–Crippen MR) is 277 cm³/mol. The summed E-state index contributed by atoms with van der Waals surface area (Å²) >= 11 is 3.20. The maximum atomic E-state index is 13.3. The lowest BCUT2D eigenvalue weighted by Gasteiger charge is -2.40. The molecule has 4 bridgehead atoms. The zero-order chi connectivity index (χ0) is 47.0. The van der Waals surface area contributed by atoms with Crippen molar-refractivity contribution in [1.82, 2.24) is 28.3 Å². The number of likely N-dealkylation sites (tertiary alicyclic amines) is 2. The van der Waals surface area contributed by atoms with Gasteiger partial charge in [-0.05, 0) is 159 Å². The smallest absolute Gasteiger partial charge is 0.233 e. The summed E-state index contributed by atoms with van der Waals surface area (Å²) in [4.78, 5) is 66.7. The molecule has 2 aromatic carbocycles. The fraction of sp³-hybridized carbons (Fsp3) is 0.679. The molecule has 2 aromatic heterocycles. The summed E-state index contributed by atoms with van der Waals surface area (Å²) in [6.07, 6.45) is 16.7. The summed E-state index contributed by atoms with van der Waals surface area (Å²) in [6, 6.07) is 17.1. The highest BCUT2D eigenvalue weighted by atomic mass is 32.1. The average Bonchev–Trinajstić information content (AvgIpc) is 4.29. The molecule has 12 nitrogen and oxygen atoms in total. The second-order valence-corrected chi connectivity index (χ2v) is 25.1. The first-order valence-electron chi connectivity index (χ1n) is 27.7. The number of fused-ring (bicyclic) bond motifs is 12. The molecule has 10 fully saturated rings. The van der Waals surface area contributed by atoms with Crippen molar-refractivity contribution in [3.8, 4) is 0 Å². The normalized spacial score (nSPS) is 35.4. The van der Waals surface area contributed by atoms with Crippen molar-refractivity contribution in [3.05, 3.63) is 48.5 Å². The van der Waals surface area contributed by atoms with Crippen LogP contribution in [0.15, 0.2) is 48.5 Å². The van der Waals surface area contributed by atoms with Crippen LogP contribution in [0.3, 0.4) is 0 Å². The van der Waals surface area contributed by atoms with E-state index in [1.54, 1.807) is 32.9 Å². The molecule has 372 valence electrons. The number of rotatable bonds is 10. The Balaban J connectivity index is 0.000000137. The standard InChI is InChI=1S/2C28H36N4O2S/c2*33-27-24-18-9-10-19(15-18)25(24)28(34)32(27)17-21-6-2-1-5-20(21)16-30-11-13-31(14-12-30)26-22-7-3-4-8-23(22)35-29-26/h2*3-4,7-8,18-21,24-25H,1-2,5-6,9-17H2/t2*18-,19+,20-,21+,24-,25+/m10/s1. The zero-order valence-corrected chi connectivity index (χ0v) is 42.6. The first-order chi connectivity index (χ1) is 34.3. The highest BCUT2D eigenvalue weighted by Crippen LogP contribution is 2.57. The summed E-state index contributed by atoms with van der Waals surface area (Å²) in [6.45, 7) is 11.9. The maximum absolute atomic E-state index is 13.3. The number of piperazine rings is 2. The van der Waals surface area contributed by atoms with E-state index in [4.69, 9.17) is 8.75 Å². The topological polar surface area (TPSA) is 114 Å². The molecule has 70 heavy (non-hydrogen) atoms. The van der Waals surface area contributed by atoms with E-state index < -0.39 is 0 Å². The van der Waals surface area contributed by atoms with Crippen molar-refractivity contribution < 1.29 is 19.2 Å². The van der Waals surface area contributed by atoms with E-state index in [1.807, 2.05) is 0 Å². The molecule has 4 aromatic rings. The Bertz CT molecular complexity index is 2370. The van der Waals surface area contributed by atoms with E-state index in [9.17, 15) is 19.2 Å². The van der Waals surface area contributed by atoms with Crippen LogP contribution < -0.4 is 9.80 Å². The van der Waals surface area contributed by atoms with E-state index in [0.717, 1.165) is 128 Å². The summed E-state index contributed by atoms with van der Waals surface area (Å²) in [5, 5.41) is 2.55. The van der Waals surface area contributed by atoms with Gasteiger partial charge in [-0.3, -0.25) is 38.8 Å². The lowest BCUT2D eigenvalue weighted by atomic mass is 9.78. The van der Waals surface area contributed by atoms with Gasteiger partial charge in [0, 0.05) is 89.3 Å². The number of aromatic nitrogens is 2. The molecule has 6 aliphatic carbocycles. The van der Waals surface area contributed by atoms with Gasteiger partial charge in [-0.25, -0.2) is 0 Å². The Kier molecular flexibility index (Phi) is 12.5. The molecule has 6 saturated carbocycles. The molecular formula is C56H72N8O4S2. The van der Waals surface area contributed by atoms with E-state index >= 15 is 0 Å². The molecule has 12 atom stereocenters. The van der Waals surface area contributed by atoms with Crippen LogP contribution >= 0.6 is 23.1 Å². The van der Waals surface area contributed by atoms with Crippen LogP contribution in [0, 0.1) is 71.0 Å². The van der Waals surface area contributed by atoms with Crippen molar-refractivity contribution in [3.63, 3.8) is 0 Å². The molecule has 0 unspecified atom stereocenters. The number of anilines is 2. The SMILES string of the molecule is O=C1[C@@H]2[C@@H]3CC[C@@H](C3)[C@@H]2C(=O)N1C[C@@H]1CCCC[C@@H]1CN1CCN(c2nsc3ccccc23)CC1.O=C1[C@@H]2[C@@H]3CC[C@@H](C3)[C@@H]2C(=O)N1C[C@H]1CCCC[C@H]1CN1CCN(c2nsc3ccccc23)CC1. The quantitative estimate of drug-likeness (QED) is 0.144. The van der Waals surface area contributed by atoms with Gasteiger partial charge in [0.25, 0.3) is 0 Å². The number of carbonyl (C=O) groups is 4. The lowest BCUT2D eigenvalue weighted by molar-refractivity contribution is -0.143. The minimum absolute atomic E-state index is 0.0261. The van der Waals surface area contributed by atoms with Crippen molar-refractivity contribution >= 4 is 78.5 Å². The largest absolute Gasteiger partial charge is 0.353 e. The molecule has 14 heteroatoms. The van der Waals surface area contributed by atoms with Crippen LogP contribution in [0.25, 0.3) is 20.2 Å². The van der Waals surface area contributed by atoms with E-state index in [-0.39, 0.29) is 47.3 Å². The zero-order valence-electron chi connectivity index (χ0n) is 41.0. The molecule has 4 saturated heterocycles. The monoisotopic (exact) mass is 985 g/mol. The third-order valence-corrected chi connectivity index (χ3v) is 21.7. The maximum Gasteiger partial charge on any atom is 0.233 e. The molecule has 4 aliphatic heterocycles. The molecular weight excluding hydrogens is 913 g/mol. The van der Waals surface area contributed by atoms with Crippen molar-refractivity contribution in [2.24, 2.45) is 71.0 Å². The number of nitrogens with zero attached hydrogens (tertiary/aromatic N) is 8. The van der Waals surface area contributed by atoms with Crippen LogP contribution in [-0.2, 0) is 19.2 Å². The van der Waals surface area contributed by atoms with Gasteiger partial charge in [0.2, 0.25) is 23.6 Å². The fourth-order valence-electron chi connectivity index (χ4n) is 16.4. The third-order valence-electron chi connectivity index (χ3n) is 20.1. The van der Waals surface area contributed by atoms with Crippen LogP contribution in [0.5, 0.6) is 0 Å². The average molecular weight is 985 g/mol. The highest BCUT2D eigenvalue weighted by Gasteiger charge is 2.62. The molecule has 0 N–H and O–H groups in total. The van der Waals surface area contributed by atoms with Gasteiger partial charge in [-0.15, -0.1) is 0 Å². The fourth-order valence-corrected chi connectivity index (χ4v) is 18.0. The molecule has 4 amide bonds. The number of benzene rings is 2. The summed E-state index contributed by atoms with van der Waals surface area (Å²) in [5.74, 6) is 7.18. The number of hydrogen-bond acceptors (Lipinski definition) is 12. The van der Waals surface area contributed by atoms with Gasteiger partial charge in [0.15, 0.2) is 0 Å². The summed E-state index contributed by atoms with van der Waals surface area (Å²) in [7, 11) is 0. The molecule has 6 heterocycles. The third kappa shape index (κ3) is 8.21. The summed E-state index contributed by atoms with van der Waals surface area (Å²) in [5.41, 5.74) is 0. The molecule has 14 rings (SSSR count). The minimum Gasteiger partial charge on any atom is -0.353 e. The second-order valence-electron chi connectivity index (χ2n) is 23.5. The van der Waals surface area contributed by atoms with Gasteiger partial charge in [0.05, 0.1) is 33.1 Å². The molecule has 0 radical (unpaired) electrons. The Labute approximate surface area is 421 Å². The first kappa shape index (κ1) is 45.9. The minimum atomic E-state index is 0.0261. The Hall–Kier alpha value is -3.98. The predicted octanol–water partition coefficient (Wildman–Crippen LogP) is 8.51. The van der Waals surface area contributed by atoms with Crippen molar-refractivity contribution in [2.75, 3.05) is 88.3 Å². The molecule has 0 spiro atoms. The van der Waals surface area contributed by atoms with Gasteiger partial charge < -0.3 is 9.80 Å². The van der Waals surface area contributed by atoms with Crippen LogP contribution in [0.4, 0.5) is 11.6 Å². The van der Waals surface area contributed by atoms with Crippen molar-refractivity contribution in [2.45, 2.75) is 89.9 Å². The summed E-state index contributed by atoms with van der Waals surface area (Å²) < 4.78 is 12.0. The Morgan fingerprint density at radius 3 is 1.10 bits per heavy atom. The molecule has 10 aliphatic rings. The van der Waals surface area contributed by atoms with E-state index in [0.29, 0.717) is 60.4 Å². The van der Waals surface area contributed by atoms with Gasteiger partial charge >= 0.3 is 0 Å². The number of amides is 4. The van der Waals surface area contributed by atoms with Gasteiger partial charge in [0.1, 0.15) is 11.6 Å². The van der Waals surface area contributed by atoms with E-state index in [1.165, 1.54) is 58.7 Å². The van der Waals surface area contributed by atoms with E-state index in [2.05, 4.69) is 68.1 Å². The van der Waals surface area contributed by atoms with Crippen LogP contribution in [0.1, 0.15) is 89.9 Å². The second kappa shape index (κ2) is 19.1. The number of hydrogen-bond donors (Lipinski definition) is 0. The van der Waals surface area contributed by atoms with Gasteiger partial charge in [-0.2, -0.15) is 8.75 Å². The highest BCUT2D eigenvalue weighted by molar-refractivity contribution is 7.14. The van der Waals surface area contributed by atoms with Crippen molar-refractivity contribution in [1.29, 1.82) is 0 Å². The Morgan fingerprint density at radius 1 is 0.414 bits per heavy atom.